The fourth-order valence-electron chi connectivity index (χ4n) is 2.02. The molecule has 1 fully saturated rings. The van der Waals surface area contributed by atoms with Gasteiger partial charge in [-0.1, -0.05) is 23.2 Å². The van der Waals surface area contributed by atoms with E-state index in [0.29, 0.717) is 0 Å². The third-order valence-corrected chi connectivity index (χ3v) is 4.85. The van der Waals surface area contributed by atoms with Crippen molar-refractivity contribution in [3.63, 3.8) is 0 Å². The van der Waals surface area contributed by atoms with E-state index < -0.39 is 73.1 Å². The molecule has 0 N–H and O–H groups in total. The van der Waals surface area contributed by atoms with Gasteiger partial charge >= 0.3 is 24.7 Å². The van der Waals surface area contributed by atoms with Crippen LogP contribution >= 0.6 is 23.2 Å². The quantitative estimate of drug-likeness (QED) is 0.206. The third-order valence-electron chi connectivity index (χ3n) is 4.06. The molecule has 0 saturated carbocycles. The van der Waals surface area contributed by atoms with E-state index in [1.807, 2.05) is 0 Å². The molecule has 18 heteroatoms. The molecule has 180 valence electrons. The molecule has 0 amide bonds. The molecule has 0 unspecified atom stereocenters. The van der Waals surface area contributed by atoms with Crippen LogP contribution in [-0.4, -0.2) is 52.8 Å². The summed E-state index contributed by atoms with van der Waals surface area (Å²) in [5.74, 6) is -4.18. The summed E-state index contributed by atoms with van der Waals surface area (Å²) >= 11 is 10.7. The molecular weight excluding hydrogens is 675 g/mol. The molecule has 1 saturated heterocycles. The number of halogens is 14. The van der Waals surface area contributed by atoms with Crippen molar-refractivity contribution in [1.82, 2.24) is 0 Å². The predicted octanol–water partition coefficient (Wildman–Crippen LogP) is 6.03. The summed E-state index contributed by atoms with van der Waals surface area (Å²) in [6, 6.07) is 0. The van der Waals surface area contributed by atoms with E-state index in [9.17, 15) is 52.7 Å². The summed E-state index contributed by atoms with van der Waals surface area (Å²) in [6.07, 6.45) is -27.1. The number of alkyl halides is 14. The standard InChI is InChI=1S/C12H10Cl2F12O3.W/c1-5(9(15,16)17,10(18,19)20)28-7(3-4-27-8(7,13)14)29-6(2,11(21,22)23)12(24,25)26;/h3-4H2,1-2H3;. The minimum Gasteiger partial charge on any atom is -0.342 e. The molecule has 0 spiro atoms. The monoisotopic (exact) mass is 684 g/mol. The van der Waals surface area contributed by atoms with Crippen LogP contribution in [0, 0.1) is 0 Å². The van der Waals surface area contributed by atoms with Crippen LogP contribution in [0.2, 0.25) is 0 Å². The largest absolute Gasteiger partial charge is 0.426 e. The Morgan fingerprint density at radius 2 is 0.933 bits per heavy atom. The van der Waals surface area contributed by atoms with Gasteiger partial charge in [-0.3, -0.25) is 0 Å². The van der Waals surface area contributed by atoms with Gasteiger partial charge < -0.3 is 14.2 Å². The van der Waals surface area contributed by atoms with E-state index >= 15 is 0 Å². The Morgan fingerprint density at radius 3 is 1.10 bits per heavy atom. The van der Waals surface area contributed by atoms with Crippen molar-refractivity contribution in [2.45, 2.75) is 66.5 Å². The average molecular weight is 685 g/mol. The second-order valence-electron chi connectivity index (χ2n) is 6.13. The van der Waals surface area contributed by atoms with E-state index in [0.717, 1.165) is 0 Å². The number of rotatable bonds is 4. The van der Waals surface area contributed by atoms with E-state index in [4.69, 9.17) is 23.2 Å². The van der Waals surface area contributed by atoms with Gasteiger partial charge in [-0.05, 0) is 13.8 Å². The number of hydrogen-bond donors (Lipinski definition) is 0. The van der Waals surface area contributed by atoms with Crippen molar-refractivity contribution in [1.29, 1.82) is 0 Å². The van der Waals surface area contributed by atoms with Gasteiger partial charge in [-0.15, -0.1) is 0 Å². The Bertz CT molecular complexity index is 546. The summed E-state index contributed by atoms with van der Waals surface area (Å²) in [6.45, 7) is -2.46. The molecule has 0 aromatic carbocycles. The Kier molecular flexibility index (Phi) is 8.35. The van der Waals surface area contributed by atoms with Gasteiger partial charge in [0.15, 0.2) is 0 Å². The van der Waals surface area contributed by atoms with Crippen LogP contribution in [0.15, 0.2) is 0 Å². The summed E-state index contributed by atoms with van der Waals surface area (Å²) in [4.78, 5) is 0. The maximum Gasteiger partial charge on any atom is 0.426 e. The third kappa shape index (κ3) is 4.95. The number of hydrogen-bond acceptors (Lipinski definition) is 3. The molecule has 0 aromatic rings. The van der Waals surface area contributed by atoms with Gasteiger partial charge in [0.2, 0.25) is 5.79 Å². The van der Waals surface area contributed by atoms with Crippen LogP contribution in [-0.2, 0) is 35.3 Å². The molecule has 1 aliphatic heterocycles. The summed E-state index contributed by atoms with van der Waals surface area (Å²) < 4.78 is 165. The molecule has 1 rings (SSSR count). The van der Waals surface area contributed by atoms with Gasteiger partial charge in [-0.25, -0.2) is 0 Å². The topological polar surface area (TPSA) is 27.7 Å². The van der Waals surface area contributed by atoms with Crippen molar-refractivity contribution in [3.05, 3.63) is 0 Å². The van der Waals surface area contributed by atoms with Gasteiger partial charge in [0.05, 0.1) is 6.61 Å². The van der Waals surface area contributed by atoms with Gasteiger partial charge in [0.25, 0.3) is 15.7 Å². The zero-order valence-electron chi connectivity index (χ0n) is 14.3. The van der Waals surface area contributed by atoms with Crippen molar-refractivity contribution in [2.75, 3.05) is 6.61 Å². The molecule has 30 heavy (non-hydrogen) atoms. The average Bonchev–Trinajstić information content (AvgIpc) is 2.68. The molecule has 1 aliphatic rings. The van der Waals surface area contributed by atoms with Crippen LogP contribution in [0.3, 0.4) is 0 Å². The minimum atomic E-state index is -6.39. The van der Waals surface area contributed by atoms with E-state index in [1.54, 1.807) is 0 Å². The first-order valence-electron chi connectivity index (χ1n) is 7.06. The van der Waals surface area contributed by atoms with Crippen molar-refractivity contribution >= 4 is 23.2 Å². The smallest absolute Gasteiger partial charge is 0.342 e. The van der Waals surface area contributed by atoms with Crippen LogP contribution in [0.1, 0.15) is 20.3 Å². The first-order valence-corrected chi connectivity index (χ1v) is 7.81. The molecule has 0 aliphatic carbocycles. The predicted molar refractivity (Wildman–Crippen MR) is 70.9 cm³/mol. The molecule has 3 nitrogen and oxygen atoms in total. The molecule has 1 heterocycles. The van der Waals surface area contributed by atoms with E-state index in [-0.39, 0.29) is 21.1 Å². The fourth-order valence-corrected chi connectivity index (χ4v) is 2.52. The Morgan fingerprint density at radius 1 is 0.667 bits per heavy atom. The van der Waals surface area contributed by atoms with Crippen LogP contribution in [0.4, 0.5) is 52.7 Å². The van der Waals surface area contributed by atoms with Crippen LogP contribution < -0.4 is 0 Å². The Hall–Kier alpha value is 0.308. The summed E-state index contributed by atoms with van der Waals surface area (Å²) in [7, 11) is 0. The zero-order chi connectivity index (χ0) is 23.5. The Balaban J connectivity index is 0.00000841. The molecule has 0 aromatic heterocycles. The SMILES string of the molecule is CC(OC1(OC(C)(C(F)(F)F)C(F)(F)F)CCOC1(Cl)Cl)(C(F)(F)F)C(F)(F)F.[W]. The summed E-state index contributed by atoms with van der Waals surface area (Å²) in [5.41, 5.74) is -10.7. The van der Waals surface area contributed by atoms with Crippen LogP contribution in [0.25, 0.3) is 0 Å². The molecule has 0 bridgehead atoms. The van der Waals surface area contributed by atoms with Gasteiger partial charge in [0, 0.05) is 27.5 Å². The normalized spacial score (nSPS) is 20.8. The van der Waals surface area contributed by atoms with E-state index in [1.165, 1.54) is 0 Å². The maximum atomic E-state index is 13.1. The van der Waals surface area contributed by atoms with Crippen molar-refractivity contribution in [3.8, 4) is 0 Å². The maximum absolute atomic E-state index is 13.1. The van der Waals surface area contributed by atoms with Gasteiger partial charge in [0.1, 0.15) is 0 Å². The molecular formula is C12H10Cl2F12O3W. The first kappa shape index (κ1) is 30.3. The molecule has 0 radical (unpaired) electrons. The van der Waals surface area contributed by atoms with Crippen molar-refractivity contribution < 1.29 is 88.0 Å². The van der Waals surface area contributed by atoms with Gasteiger partial charge in [-0.2, -0.15) is 52.7 Å². The van der Waals surface area contributed by atoms with Crippen LogP contribution in [0.5, 0.6) is 0 Å². The molecule has 0 atom stereocenters. The second-order valence-corrected chi connectivity index (χ2v) is 7.39. The van der Waals surface area contributed by atoms with Crippen molar-refractivity contribution in [2.24, 2.45) is 0 Å². The van der Waals surface area contributed by atoms with E-state index in [2.05, 4.69) is 14.2 Å². The minimum absolute atomic E-state index is 0. The summed E-state index contributed by atoms with van der Waals surface area (Å²) in [5, 5.41) is 0. The Labute approximate surface area is 184 Å². The fraction of sp³-hybridized carbons (Fsp3) is 1.00. The first-order chi connectivity index (χ1) is 12.4. The second kappa shape index (κ2) is 8.26. The number of ether oxygens (including phenoxy) is 3. The zero-order valence-corrected chi connectivity index (χ0v) is 18.8.